The van der Waals surface area contributed by atoms with Crippen LogP contribution in [-0.4, -0.2) is 38.7 Å². The lowest BCUT2D eigenvalue weighted by Crippen LogP contribution is -2.30. The van der Waals surface area contributed by atoms with Crippen molar-refractivity contribution in [2.24, 2.45) is 7.05 Å². The standard InChI is InChI=1S/C17H19FN6O.2ClH/c1-24-14-3-2-10(18)8-13(14)21-15(24)5-7-20-17(25)16-11-9-19-6-4-12(11)22-23-16;;/h2-3,8,19H,4-7,9H2,1H3,(H,20,25)(H,22,23);2*1H. The van der Waals surface area contributed by atoms with Crippen LogP contribution in [0.3, 0.4) is 0 Å². The summed E-state index contributed by atoms with van der Waals surface area (Å²) in [7, 11) is 1.89. The molecule has 2 aromatic heterocycles. The van der Waals surface area contributed by atoms with Crippen LogP contribution >= 0.6 is 24.8 Å². The molecule has 4 rings (SSSR count). The van der Waals surface area contributed by atoms with Gasteiger partial charge in [0.1, 0.15) is 11.6 Å². The van der Waals surface area contributed by atoms with Gasteiger partial charge in [-0.15, -0.1) is 24.8 Å². The number of aromatic nitrogens is 4. The van der Waals surface area contributed by atoms with E-state index in [2.05, 4.69) is 25.8 Å². The number of carbonyl (C=O) groups is 1. The molecule has 7 nitrogen and oxygen atoms in total. The van der Waals surface area contributed by atoms with E-state index in [1.807, 2.05) is 11.6 Å². The van der Waals surface area contributed by atoms with Gasteiger partial charge in [0.05, 0.1) is 11.0 Å². The summed E-state index contributed by atoms with van der Waals surface area (Å²) in [6.07, 6.45) is 1.41. The number of rotatable bonds is 4. The number of nitrogens with zero attached hydrogens (tertiary/aromatic N) is 3. The Kier molecular flexibility index (Phi) is 6.80. The van der Waals surface area contributed by atoms with E-state index in [0.717, 1.165) is 35.6 Å². The highest BCUT2D eigenvalue weighted by molar-refractivity contribution is 5.94. The highest BCUT2D eigenvalue weighted by Crippen LogP contribution is 2.17. The van der Waals surface area contributed by atoms with Crippen molar-refractivity contribution in [1.29, 1.82) is 0 Å². The van der Waals surface area contributed by atoms with Crippen molar-refractivity contribution in [3.8, 4) is 0 Å². The smallest absolute Gasteiger partial charge is 0.272 e. The molecule has 1 aliphatic rings. The van der Waals surface area contributed by atoms with Gasteiger partial charge in [0.2, 0.25) is 0 Å². The number of aryl methyl sites for hydroxylation is 1. The number of aromatic amines is 1. The fourth-order valence-corrected chi connectivity index (χ4v) is 3.23. The summed E-state index contributed by atoms with van der Waals surface area (Å²) in [6, 6.07) is 4.55. The number of halogens is 3. The van der Waals surface area contributed by atoms with Crippen molar-refractivity contribution in [2.45, 2.75) is 19.4 Å². The van der Waals surface area contributed by atoms with Crippen LogP contribution in [0.5, 0.6) is 0 Å². The topological polar surface area (TPSA) is 87.6 Å². The minimum Gasteiger partial charge on any atom is -0.350 e. The van der Waals surface area contributed by atoms with E-state index in [-0.39, 0.29) is 36.5 Å². The lowest BCUT2D eigenvalue weighted by molar-refractivity contribution is 0.0947. The zero-order valence-electron chi connectivity index (χ0n) is 14.7. The number of amides is 1. The molecule has 0 unspecified atom stereocenters. The van der Waals surface area contributed by atoms with E-state index in [4.69, 9.17) is 0 Å². The van der Waals surface area contributed by atoms with Crippen LogP contribution in [0.1, 0.15) is 27.6 Å². The predicted molar refractivity (Wildman–Crippen MR) is 105 cm³/mol. The SMILES string of the molecule is Cl.Cl.Cn1c(CCNC(=O)c2n[nH]c3c2CNCC3)nc2cc(F)ccc21. The van der Waals surface area contributed by atoms with Crippen molar-refractivity contribution in [3.63, 3.8) is 0 Å². The molecule has 3 N–H and O–H groups in total. The van der Waals surface area contributed by atoms with E-state index < -0.39 is 0 Å². The van der Waals surface area contributed by atoms with Crippen molar-refractivity contribution in [3.05, 3.63) is 46.8 Å². The Hall–Kier alpha value is -2.16. The summed E-state index contributed by atoms with van der Waals surface area (Å²) in [6.45, 7) is 1.99. The maximum absolute atomic E-state index is 13.3. The number of imidazole rings is 1. The van der Waals surface area contributed by atoms with E-state index in [0.29, 0.717) is 30.7 Å². The molecule has 1 aromatic carbocycles. The van der Waals surface area contributed by atoms with E-state index >= 15 is 0 Å². The van der Waals surface area contributed by atoms with Gasteiger partial charge in [0.15, 0.2) is 5.69 Å². The molecule has 0 radical (unpaired) electrons. The van der Waals surface area contributed by atoms with Crippen molar-refractivity contribution < 1.29 is 9.18 Å². The van der Waals surface area contributed by atoms with Crippen molar-refractivity contribution >= 4 is 41.8 Å². The number of fused-ring (bicyclic) bond motifs is 2. The Morgan fingerprint density at radius 3 is 3.00 bits per heavy atom. The predicted octanol–water partition coefficient (Wildman–Crippen LogP) is 1.90. The monoisotopic (exact) mass is 414 g/mol. The first-order valence-electron chi connectivity index (χ1n) is 8.29. The summed E-state index contributed by atoms with van der Waals surface area (Å²) in [5, 5.41) is 13.2. The lowest BCUT2D eigenvalue weighted by Gasteiger charge is -2.12. The van der Waals surface area contributed by atoms with Gasteiger partial charge in [-0.2, -0.15) is 5.10 Å². The largest absolute Gasteiger partial charge is 0.350 e. The first-order chi connectivity index (χ1) is 12.1. The highest BCUT2D eigenvalue weighted by Gasteiger charge is 2.21. The van der Waals surface area contributed by atoms with Crippen LogP contribution in [-0.2, 0) is 26.4 Å². The van der Waals surface area contributed by atoms with Crippen molar-refractivity contribution in [2.75, 3.05) is 13.1 Å². The molecule has 0 fully saturated rings. The number of H-pyrrole nitrogens is 1. The number of hydrogen-bond acceptors (Lipinski definition) is 4. The third-order valence-corrected chi connectivity index (χ3v) is 4.59. The van der Waals surface area contributed by atoms with Gasteiger partial charge in [-0.3, -0.25) is 9.89 Å². The molecular formula is C17H21Cl2FN6O. The number of carbonyl (C=O) groups excluding carboxylic acids is 1. The Morgan fingerprint density at radius 1 is 1.37 bits per heavy atom. The molecular weight excluding hydrogens is 394 g/mol. The summed E-state index contributed by atoms with van der Waals surface area (Å²) in [5.41, 5.74) is 3.92. The lowest BCUT2D eigenvalue weighted by atomic mass is 10.1. The average Bonchev–Trinajstić information content (AvgIpc) is 3.16. The Bertz CT molecular complexity index is 954. The molecule has 0 aliphatic carbocycles. The zero-order valence-corrected chi connectivity index (χ0v) is 16.3. The molecule has 1 amide bonds. The molecule has 0 saturated heterocycles. The van der Waals surface area contributed by atoms with Crippen LogP contribution in [0.2, 0.25) is 0 Å². The minimum absolute atomic E-state index is 0. The van der Waals surface area contributed by atoms with Gasteiger partial charge in [-0.05, 0) is 12.1 Å². The molecule has 10 heteroatoms. The van der Waals surface area contributed by atoms with E-state index in [1.54, 1.807) is 6.07 Å². The molecule has 0 atom stereocenters. The molecule has 3 heterocycles. The third kappa shape index (κ3) is 4.07. The van der Waals surface area contributed by atoms with E-state index in [9.17, 15) is 9.18 Å². The van der Waals surface area contributed by atoms with Crippen LogP contribution < -0.4 is 10.6 Å². The fraction of sp³-hybridized carbons (Fsp3) is 0.353. The molecule has 3 aromatic rings. The van der Waals surface area contributed by atoms with Gasteiger partial charge >= 0.3 is 0 Å². The molecule has 27 heavy (non-hydrogen) atoms. The molecule has 1 aliphatic heterocycles. The summed E-state index contributed by atoms with van der Waals surface area (Å²) in [4.78, 5) is 16.8. The molecule has 0 saturated carbocycles. The highest BCUT2D eigenvalue weighted by atomic mass is 35.5. The summed E-state index contributed by atoms with van der Waals surface area (Å²) >= 11 is 0. The second-order valence-corrected chi connectivity index (χ2v) is 6.18. The quantitative estimate of drug-likeness (QED) is 0.608. The Morgan fingerprint density at radius 2 is 2.19 bits per heavy atom. The van der Waals surface area contributed by atoms with Crippen LogP contribution in [0.4, 0.5) is 4.39 Å². The first kappa shape index (κ1) is 21.1. The van der Waals surface area contributed by atoms with Crippen LogP contribution in [0, 0.1) is 5.82 Å². The maximum Gasteiger partial charge on any atom is 0.272 e. The fourth-order valence-electron chi connectivity index (χ4n) is 3.23. The average molecular weight is 415 g/mol. The third-order valence-electron chi connectivity index (χ3n) is 4.59. The van der Waals surface area contributed by atoms with Gasteiger partial charge in [0.25, 0.3) is 5.91 Å². The second kappa shape index (κ2) is 8.69. The molecule has 0 bridgehead atoms. The second-order valence-electron chi connectivity index (χ2n) is 6.18. The molecule has 146 valence electrons. The van der Waals surface area contributed by atoms with Gasteiger partial charge in [-0.25, -0.2) is 9.37 Å². The summed E-state index contributed by atoms with van der Waals surface area (Å²) < 4.78 is 15.2. The van der Waals surface area contributed by atoms with Crippen molar-refractivity contribution in [1.82, 2.24) is 30.4 Å². The van der Waals surface area contributed by atoms with Crippen LogP contribution in [0.15, 0.2) is 18.2 Å². The summed E-state index contributed by atoms with van der Waals surface area (Å²) in [5.74, 6) is 0.306. The van der Waals surface area contributed by atoms with Gasteiger partial charge < -0.3 is 15.2 Å². The van der Waals surface area contributed by atoms with Gasteiger partial charge in [0, 0.05) is 56.8 Å². The number of hydrogen-bond donors (Lipinski definition) is 3. The Labute approximate surface area is 167 Å². The number of nitrogens with one attached hydrogen (secondary N) is 3. The minimum atomic E-state index is -0.303. The number of benzene rings is 1. The Balaban J connectivity index is 0.00000131. The first-order valence-corrected chi connectivity index (χ1v) is 8.29. The van der Waals surface area contributed by atoms with Gasteiger partial charge in [-0.1, -0.05) is 0 Å². The van der Waals surface area contributed by atoms with E-state index in [1.165, 1.54) is 12.1 Å². The maximum atomic E-state index is 13.3. The van der Waals surface area contributed by atoms with Crippen LogP contribution in [0.25, 0.3) is 11.0 Å². The normalized spacial score (nSPS) is 12.8. The zero-order chi connectivity index (χ0) is 17.4. The molecule has 0 spiro atoms.